The first-order valence-corrected chi connectivity index (χ1v) is 8.34. The SMILES string of the molecule is Clc1cccc(CSc2nnc(-c3ccccc3Br)o2)c1. The Labute approximate surface area is 139 Å². The summed E-state index contributed by atoms with van der Waals surface area (Å²) in [5, 5.41) is 9.42. The van der Waals surface area contributed by atoms with Crippen molar-refractivity contribution in [2.75, 3.05) is 0 Å². The zero-order chi connectivity index (χ0) is 14.7. The minimum absolute atomic E-state index is 0.510. The predicted molar refractivity (Wildman–Crippen MR) is 88.4 cm³/mol. The highest BCUT2D eigenvalue weighted by Crippen LogP contribution is 2.30. The van der Waals surface area contributed by atoms with E-state index in [-0.39, 0.29) is 0 Å². The standard InChI is InChI=1S/C15H10BrClN2OS/c16-13-7-2-1-6-12(13)14-18-19-15(20-14)21-9-10-4-3-5-11(17)8-10/h1-8H,9H2. The summed E-state index contributed by atoms with van der Waals surface area (Å²) in [6.45, 7) is 0. The summed E-state index contributed by atoms with van der Waals surface area (Å²) in [5.74, 6) is 1.24. The highest BCUT2D eigenvalue weighted by molar-refractivity contribution is 9.10. The van der Waals surface area contributed by atoms with Crippen molar-refractivity contribution in [2.45, 2.75) is 11.0 Å². The second kappa shape index (κ2) is 6.64. The normalized spacial score (nSPS) is 10.8. The van der Waals surface area contributed by atoms with Crippen molar-refractivity contribution in [2.24, 2.45) is 0 Å². The van der Waals surface area contributed by atoms with E-state index in [2.05, 4.69) is 26.1 Å². The summed E-state index contributed by atoms with van der Waals surface area (Å²) in [7, 11) is 0. The Morgan fingerprint density at radius 2 is 1.95 bits per heavy atom. The minimum Gasteiger partial charge on any atom is -0.411 e. The first-order chi connectivity index (χ1) is 10.2. The molecule has 0 radical (unpaired) electrons. The van der Waals surface area contributed by atoms with E-state index in [0.29, 0.717) is 11.1 Å². The molecule has 0 fully saturated rings. The van der Waals surface area contributed by atoms with Crippen LogP contribution in [0.2, 0.25) is 5.02 Å². The van der Waals surface area contributed by atoms with Gasteiger partial charge in [0.1, 0.15) is 0 Å². The molecule has 1 aromatic heterocycles. The van der Waals surface area contributed by atoms with Crippen LogP contribution in [0.15, 0.2) is 62.6 Å². The molecule has 0 aliphatic heterocycles. The highest BCUT2D eigenvalue weighted by atomic mass is 79.9. The van der Waals surface area contributed by atoms with Crippen molar-refractivity contribution in [3.8, 4) is 11.5 Å². The van der Waals surface area contributed by atoms with Gasteiger partial charge in [-0.2, -0.15) is 0 Å². The van der Waals surface area contributed by atoms with Gasteiger partial charge in [0.05, 0.1) is 5.56 Å². The van der Waals surface area contributed by atoms with Crippen LogP contribution < -0.4 is 0 Å². The Hall–Kier alpha value is -1.30. The van der Waals surface area contributed by atoms with Gasteiger partial charge in [0.15, 0.2) is 0 Å². The predicted octanol–water partition coefficient (Wildman–Crippen LogP) is 5.44. The number of aromatic nitrogens is 2. The second-order valence-electron chi connectivity index (χ2n) is 4.27. The van der Waals surface area contributed by atoms with E-state index in [4.69, 9.17) is 16.0 Å². The van der Waals surface area contributed by atoms with Crippen LogP contribution in [0.1, 0.15) is 5.56 Å². The minimum atomic E-state index is 0.510. The van der Waals surface area contributed by atoms with Crippen LogP contribution in [0.5, 0.6) is 0 Å². The molecule has 21 heavy (non-hydrogen) atoms. The van der Waals surface area contributed by atoms with Gasteiger partial charge in [-0.3, -0.25) is 0 Å². The molecule has 0 saturated heterocycles. The maximum atomic E-state index is 5.96. The summed E-state index contributed by atoms with van der Waals surface area (Å²) in [4.78, 5) is 0. The molecule has 0 saturated carbocycles. The van der Waals surface area contributed by atoms with E-state index in [1.807, 2.05) is 48.5 Å². The van der Waals surface area contributed by atoms with Crippen LogP contribution in [-0.2, 0) is 5.75 Å². The summed E-state index contributed by atoms with van der Waals surface area (Å²) in [6.07, 6.45) is 0. The lowest BCUT2D eigenvalue weighted by atomic mass is 10.2. The van der Waals surface area contributed by atoms with Gasteiger partial charge < -0.3 is 4.42 Å². The van der Waals surface area contributed by atoms with Crippen molar-refractivity contribution < 1.29 is 4.42 Å². The van der Waals surface area contributed by atoms with Gasteiger partial charge in [0, 0.05) is 15.2 Å². The maximum Gasteiger partial charge on any atom is 0.277 e. The van der Waals surface area contributed by atoms with Crippen LogP contribution in [0, 0.1) is 0 Å². The third kappa shape index (κ3) is 3.67. The molecule has 3 rings (SSSR count). The maximum absolute atomic E-state index is 5.96. The monoisotopic (exact) mass is 380 g/mol. The molecule has 0 unspecified atom stereocenters. The summed E-state index contributed by atoms with van der Waals surface area (Å²) in [6, 6.07) is 15.5. The van der Waals surface area contributed by atoms with E-state index in [1.54, 1.807) is 0 Å². The number of benzene rings is 2. The molecule has 0 atom stereocenters. The molecule has 0 bridgehead atoms. The topological polar surface area (TPSA) is 38.9 Å². The van der Waals surface area contributed by atoms with Crippen molar-refractivity contribution >= 4 is 39.3 Å². The van der Waals surface area contributed by atoms with E-state index in [1.165, 1.54) is 11.8 Å². The summed E-state index contributed by atoms with van der Waals surface area (Å²) < 4.78 is 6.61. The average molecular weight is 382 g/mol. The third-order valence-corrected chi connectivity index (χ3v) is 4.58. The molecule has 0 spiro atoms. The molecule has 0 aliphatic carbocycles. The fourth-order valence-corrected chi connectivity index (χ4v) is 3.16. The van der Waals surface area contributed by atoms with Gasteiger partial charge in [-0.15, -0.1) is 10.2 Å². The second-order valence-corrected chi connectivity index (χ2v) is 6.49. The molecule has 3 nitrogen and oxygen atoms in total. The molecule has 0 aliphatic rings. The molecule has 3 aromatic rings. The van der Waals surface area contributed by atoms with Crippen molar-refractivity contribution in [1.82, 2.24) is 10.2 Å². The molecular weight excluding hydrogens is 372 g/mol. The van der Waals surface area contributed by atoms with E-state index in [0.717, 1.165) is 26.4 Å². The zero-order valence-electron chi connectivity index (χ0n) is 10.8. The number of hydrogen-bond donors (Lipinski definition) is 0. The molecule has 0 N–H and O–H groups in total. The number of rotatable bonds is 4. The van der Waals surface area contributed by atoms with Crippen LogP contribution in [0.25, 0.3) is 11.5 Å². The van der Waals surface area contributed by atoms with Crippen molar-refractivity contribution in [3.05, 3.63) is 63.6 Å². The smallest absolute Gasteiger partial charge is 0.277 e. The fourth-order valence-electron chi connectivity index (χ4n) is 1.78. The molecule has 106 valence electrons. The quantitative estimate of drug-likeness (QED) is 0.564. The lowest BCUT2D eigenvalue weighted by Gasteiger charge is -1.99. The van der Waals surface area contributed by atoms with Crippen LogP contribution in [-0.4, -0.2) is 10.2 Å². The summed E-state index contributed by atoms with van der Waals surface area (Å²) >= 11 is 10.9. The van der Waals surface area contributed by atoms with Crippen LogP contribution in [0.4, 0.5) is 0 Å². The van der Waals surface area contributed by atoms with E-state index < -0.39 is 0 Å². The Morgan fingerprint density at radius 3 is 2.76 bits per heavy atom. The van der Waals surface area contributed by atoms with Crippen molar-refractivity contribution in [1.29, 1.82) is 0 Å². The lowest BCUT2D eigenvalue weighted by molar-refractivity contribution is 0.465. The first-order valence-electron chi connectivity index (χ1n) is 6.18. The van der Waals surface area contributed by atoms with Gasteiger partial charge in [0.25, 0.3) is 5.22 Å². The largest absolute Gasteiger partial charge is 0.411 e. The van der Waals surface area contributed by atoms with E-state index in [9.17, 15) is 0 Å². The Morgan fingerprint density at radius 1 is 1.10 bits per heavy atom. The highest BCUT2D eigenvalue weighted by Gasteiger charge is 2.11. The molecule has 2 aromatic carbocycles. The lowest BCUT2D eigenvalue weighted by Crippen LogP contribution is -1.80. The van der Waals surface area contributed by atoms with Gasteiger partial charge in [0.2, 0.25) is 5.89 Å². The first kappa shape index (κ1) is 14.6. The van der Waals surface area contributed by atoms with Gasteiger partial charge in [-0.05, 0) is 45.8 Å². The Bertz CT molecular complexity index is 763. The molecule has 0 amide bonds. The fraction of sp³-hybridized carbons (Fsp3) is 0.0667. The molecule has 6 heteroatoms. The number of thioether (sulfide) groups is 1. The summed E-state index contributed by atoms with van der Waals surface area (Å²) in [5.41, 5.74) is 2.01. The van der Waals surface area contributed by atoms with E-state index >= 15 is 0 Å². The third-order valence-electron chi connectivity index (χ3n) is 2.76. The molecular formula is C15H10BrClN2OS. The van der Waals surface area contributed by atoms with Gasteiger partial charge >= 0.3 is 0 Å². The zero-order valence-corrected chi connectivity index (χ0v) is 14.0. The van der Waals surface area contributed by atoms with Gasteiger partial charge in [-0.25, -0.2) is 0 Å². The molecule has 1 heterocycles. The Balaban J connectivity index is 1.72. The number of hydrogen-bond acceptors (Lipinski definition) is 4. The number of nitrogens with zero attached hydrogens (tertiary/aromatic N) is 2. The van der Waals surface area contributed by atoms with Crippen LogP contribution >= 0.6 is 39.3 Å². The van der Waals surface area contributed by atoms with Crippen molar-refractivity contribution in [3.63, 3.8) is 0 Å². The van der Waals surface area contributed by atoms with Crippen LogP contribution in [0.3, 0.4) is 0 Å². The average Bonchev–Trinajstić information content (AvgIpc) is 2.94. The van der Waals surface area contributed by atoms with Gasteiger partial charge in [-0.1, -0.05) is 47.6 Å². The number of halogens is 2. The Kier molecular flexibility index (Phi) is 4.63.